The van der Waals surface area contributed by atoms with Gasteiger partial charge in [-0.05, 0) is 25.1 Å². The molecule has 0 bridgehead atoms. The highest BCUT2D eigenvalue weighted by molar-refractivity contribution is 9.10. The number of esters is 1. The van der Waals surface area contributed by atoms with Crippen molar-refractivity contribution in [1.82, 2.24) is 9.97 Å². The third-order valence-corrected chi connectivity index (χ3v) is 2.85. The number of benzene rings is 1. The molecule has 0 fully saturated rings. The Balaban J connectivity index is 2.56. The van der Waals surface area contributed by atoms with Gasteiger partial charge in [0.1, 0.15) is 5.15 Å². The third kappa shape index (κ3) is 2.56. The normalized spacial score (nSPS) is 10.5. The van der Waals surface area contributed by atoms with Gasteiger partial charge in [-0.15, -0.1) is 0 Å². The van der Waals surface area contributed by atoms with Crippen molar-refractivity contribution in [2.24, 2.45) is 0 Å². The number of hydrogen-bond donors (Lipinski definition) is 0. The van der Waals surface area contributed by atoms with Gasteiger partial charge in [0.05, 0.1) is 12.1 Å². The largest absolute Gasteiger partial charge is 0.460 e. The molecule has 0 radical (unpaired) electrons. The quantitative estimate of drug-likeness (QED) is 0.631. The number of fused-ring (bicyclic) bond motifs is 1. The van der Waals surface area contributed by atoms with E-state index in [2.05, 4.69) is 25.9 Å². The second-order valence-electron chi connectivity index (χ2n) is 3.22. The Morgan fingerprint density at radius 2 is 2.24 bits per heavy atom. The molecule has 0 unspecified atom stereocenters. The number of hydrogen-bond acceptors (Lipinski definition) is 4. The van der Waals surface area contributed by atoms with Gasteiger partial charge in [0.2, 0.25) is 5.82 Å². The zero-order valence-electron chi connectivity index (χ0n) is 8.91. The number of carbonyl (C=O) groups excluding carboxylic acids is 1. The molecule has 0 amide bonds. The average molecular weight is 316 g/mol. The summed E-state index contributed by atoms with van der Waals surface area (Å²) in [5.41, 5.74) is 0.608. The Hall–Kier alpha value is -1.20. The molecule has 0 saturated heterocycles. The number of aromatic nitrogens is 2. The maximum atomic E-state index is 11.5. The molecule has 0 aliphatic heterocycles. The van der Waals surface area contributed by atoms with E-state index in [0.29, 0.717) is 10.9 Å². The Kier molecular flexibility index (Phi) is 3.59. The molecule has 0 saturated carbocycles. The fourth-order valence-electron chi connectivity index (χ4n) is 1.35. The van der Waals surface area contributed by atoms with Crippen LogP contribution in [0.4, 0.5) is 0 Å². The Bertz CT molecular complexity index is 589. The van der Waals surface area contributed by atoms with Gasteiger partial charge in [0, 0.05) is 9.86 Å². The molecule has 1 aromatic heterocycles. The Labute approximate surface area is 111 Å². The number of nitrogens with zero attached hydrogens (tertiary/aromatic N) is 2. The maximum absolute atomic E-state index is 11.5. The standard InChI is InChI=1S/C11H8BrClN2O2/c1-2-17-11(16)10-14-8-4-3-6(12)5-7(8)9(13)15-10/h3-5H,2H2,1H3. The molecule has 1 aromatic carbocycles. The fraction of sp³-hybridized carbons (Fsp3) is 0.182. The highest BCUT2D eigenvalue weighted by Crippen LogP contribution is 2.24. The summed E-state index contributed by atoms with van der Waals surface area (Å²) in [7, 11) is 0. The highest BCUT2D eigenvalue weighted by Gasteiger charge is 2.14. The number of ether oxygens (including phenoxy) is 1. The first kappa shape index (κ1) is 12.3. The molecule has 0 N–H and O–H groups in total. The van der Waals surface area contributed by atoms with Gasteiger partial charge >= 0.3 is 5.97 Å². The van der Waals surface area contributed by atoms with E-state index in [4.69, 9.17) is 16.3 Å². The molecule has 1 heterocycles. The van der Waals surface area contributed by atoms with Crippen LogP contribution in [0, 0.1) is 0 Å². The number of halogens is 2. The van der Waals surface area contributed by atoms with Crippen LogP contribution >= 0.6 is 27.5 Å². The van der Waals surface area contributed by atoms with Crippen LogP contribution < -0.4 is 0 Å². The van der Waals surface area contributed by atoms with Crippen LogP contribution in [0.3, 0.4) is 0 Å². The predicted octanol–water partition coefficient (Wildman–Crippen LogP) is 3.22. The number of rotatable bonds is 2. The van der Waals surface area contributed by atoms with E-state index in [1.807, 2.05) is 6.07 Å². The van der Waals surface area contributed by atoms with Crippen molar-refractivity contribution in [3.63, 3.8) is 0 Å². The first-order chi connectivity index (χ1) is 8.11. The van der Waals surface area contributed by atoms with Crippen LogP contribution in [0.5, 0.6) is 0 Å². The zero-order chi connectivity index (χ0) is 12.4. The number of carbonyl (C=O) groups is 1. The lowest BCUT2D eigenvalue weighted by Crippen LogP contribution is -2.10. The van der Waals surface area contributed by atoms with E-state index >= 15 is 0 Å². The van der Waals surface area contributed by atoms with Crippen molar-refractivity contribution < 1.29 is 9.53 Å². The Morgan fingerprint density at radius 1 is 1.47 bits per heavy atom. The molecule has 0 aliphatic carbocycles. The van der Waals surface area contributed by atoms with Crippen molar-refractivity contribution in [3.8, 4) is 0 Å². The van der Waals surface area contributed by atoms with Gasteiger partial charge in [-0.1, -0.05) is 27.5 Å². The predicted molar refractivity (Wildman–Crippen MR) is 68.2 cm³/mol. The summed E-state index contributed by atoms with van der Waals surface area (Å²) in [5.74, 6) is -0.592. The minimum absolute atomic E-state index is 0.0216. The van der Waals surface area contributed by atoms with Crippen molar-refractivity contribution in [3.05, 3.63) is 33.6 Å². The molecule has 17 heavy (non-hydrogen) atoms. The first-order valence-corrected chi connectivity index (χ1v) is 6.09. The molecule has 0 atom stereocenters. The second kappa shape index (κ2) is 4.98. The lowest BCUT2D eigenvalue weighted by molar-refractivity contribution is 0.0512. The lowest BCUT2D eigenvalue weighted by Gasteiger charge is -2.04. The van der Waals surface area contributed by atoms with Gasteiger partial charge in [-0.3, -0.25) is 0 Å². The van der Waals surface area contributed by atoms with Gasteiger partial charge in [-0.25, -0.2) is 14.8 Å². The average Bonchev–Trinajstić information content (AvgIpc) is 2.30. The van der Waals surface area contributed by atoms with E-state index < -0.39 is 5.97 Å². The molecule has 4 nitrogen and oxygen atoms in total. The summed E-state index contributed by atoms with van der Waals surface area (Å²) in [6.45, 7) is 2.00. The van der Waals surface area contributed by atoms with Crippen molar-refractivity contribution >= 4 is 44.4 Å². The van der Waals surface area contributed by atoms with Gasteiger partial charge in [-0.2, -0.15) is 0 Å². The molecule has 2 rings (SSSR count). The van der Waals surface area contributed by atoms with E-state index in [0.717, 1.165) is 4.47 Å². The van der Waals surface area contributed by atoms with Crippen molar-refractivity contribution in [1.29, 1.82) is 0 Å². The monoisotopic (exact) mass is 314 g/mol. The minimum Gasteiger partial charge on any atom is -0.460 e. The van der Waals surface area contributed by atoms with E-state index in [1.54, 1.807) is 19.1 Å². The van der Waals surface area contributed by atoms with E-state index in [1.165, 1.54) is 0 Å². The van der Waals surface area contributed by atoms with Crippen LogP contribution in [-0.4, -0.2) is 22.5 Å². The second-order valence-corrected chi connectivity index (χ2v) is 4.49. The molecular formula is C11H8BrClN2O2. The van der Waals surface area contributed by atoms with E-state index in [9.17, 15) is 4.79 Å². The minimum atomic E-state index is -0.570. The lowest BCUT2D eigenvalue weighted by atomic mass is 10.2. The van der Waals surface area contributed by atoms with Crippen LogP contribution in [0.1, 0.15) is 17.5 Å². The third-order valence-electron chi connectivity index (χ3n) is 2.07. The van der Waals surface area contributed by atoms with Crippen molar-refractivity contribution in [2.75, 3.05) is 6.61 Å². The van der Waals surface area contributed by atoms with Gasteiger partial charge < -0.3 is 4.74 Å². The van der Waals surface area contributed by atoms with Gasteiger partial charge in [0.25, 0.3) is 0 Å². The first-order valence-electron chi connectivity index (χ1n) is 4.91. The van der Waals surface area contributed by atoms with E-state index in [-0.39, 0.29) is 17.6 Å². The fourth-order valence-corrected chi connectivity index (χ4v) is 1.94. The van der Waals surface area contributed by atoms with Crippen LogP contribution in [0.15, 0.2) is 22.7 Å². The van der Waals surface area contributed by atoms with Crippen LogP contribution in [0.25, 0.3) is 10.9 Å². The molecule has 0 spiro atoms. The maximum Gasteiger partial charge on any atom is 0.376 e. The smallest absolute Gasteiger partial charge is 0.376 e. The van der Waals surface area contributed by atoms with Gasteiger partial charge in [0.15, 0.2) is 0 Å². The molecular weight excluding hydrogens is 307 g/mol. The van der Waals surface area contributed by atoms with Crippen molar-refractivity contribution in [2.45, 2.75) is 6.92 Å². The molecule has 0 aliphatic rings. The molecule has 2 aromatic rings. The summed E-state index contributed by atoms with van der Waals surface area (Å²) in [5, 5.41) is 0.924. The topological polar surface area (TPSA) is 52.1 Å². The zero-order valence-corrected chi connectivity index (χ0v) is 11.2. The van der Waals surface area contributed by atoms with Crippen LogP contribution in [-0.2, 0) is 4.74 Å². The summed E-state index contributed by atoms with van der Waals surface area (Å²) in [6.07, 6.45) is 0. The Morgan fingerprint density at radius 3 is 2.94 bits per heavy atom. The summed E-state index contributed by atoms with van der Waals surface area (Å²) in [4.78, 5) is 19.5. The van der Waals surface area contributed by atoms with Crippen LogP contribution in [0.2, 0.25) is 5.15 Å². The molecule has 6 heteroatoms. The summed E-state index contributed by atoms with van der Waals surface area (Å²) >= 11 is 9.33. The SMILES string of the molecule is CCOC(=O)c1nc(Cl)c2cc(Br)ccc2n1. The highest BCUT2D eigenvalue weighted by atomic mass is 79.9. The summed E-state index contributed by atoms with van der Waals surface area (Å²) in [6, 6.07) is 5.38. The molecule has 88 valence electrons. The summed E-state index contributed by atoms with van der Waals surface area (Å²) < 4.78 is 5.70.